The van der Waals surface area contributed by atoms with Crippen LogP contribution < -0.4 is 10.6 Å². The van der Waals surface area contributed by atoms with Gasteiger partial charge in [0.1, 0.15) is 0 Å². The molecule has 0 aliphatic carbocycles. The van der Waals surface area contributed by atoms with Crippen molar-refractivity contribution in [3.63, 3.8) is 0 Å². The number of urea groups is 1. The molecule has 0 saturated carbocycles. The number of carbonyl (C=O) groups is 1. The molecule has 0 aliphatic rings. The summed E-state index contributed by atoms with van der Waals surface area (Å²) in [5, 5.41) is 5.41. The molecule has 1 atom stereocenters. The first kappa shape index (κ1) is 11.2. The van der Waals surface area contributed by atoms with Crippen LogP contribution in [-0.2, 0) is 4.74 Å². The summed E-state index contributed by atoms with van der Waals surface area (Å²) >= 11 is 0. The van der Waals surface area contributed by atoms with Crippen molar-refractivity contribution in [2.24, 2.45) is 0 Å². The fourth-order valence-corrected chi connectivity index (χ4v) is 0.633. The van der Waals surface area contributed by atoms with E-state index in [0.29, 0.717) is 6.54 Å². The third kappa shape index (κ3) is 5.97. The van der Waals surface area contributed by atoms with E-state index in [0.717, 1.165) is 0 Å². The van der Waals surface area contributed by atoms with E-state index in [-0.39, 0.29) is 18.2 Å². The molecule has 0 rings (SSSR count). The number of amides is 2. The number of rotatable bonds is 4. The van der Waals surface area contributed by atoms with Gasteiger partial charge in [0.05, 0.1) is 6.10 Å². The second-order valence-electron chi connectivity index (χ2n) is 3.06. The summed E-state index contributed by atoms with van der Waals surface area (Å²) in [5.41, 5.74) is 0. The summed E-state index contributed by atoms with van der Waals surface area (Å²) in [6.07, 6.45) is 0.0583. The molecule has 0 spiro atoms. The Morgan fingerprint density at radius 2 is 2.00 bits per heavy atom. The van der Waals surface area contributed by atoms with Crippen molar-refractivity contribution in [1.82, 2.24) is 10.6 Å². The molecule has 0 fully saturated rings. The molecule has 2 amide bonds. The maximum Gasteiger partial charge on any atom is 0.315 e. The van der Waals surface area contributed by atoms with Crippen molar-refractivity contribution in [2.75, 3.05) is 13.7 Å². The first-order chi connectivity index (χ1) is 5.56. The molecule has 0 saturated heterocycles. The normalized spacial score (nSPS) is 12.8. The highest BCUT2D eigenvalue weighted by molar-refractivity contribution is 5.74. The van der Waals surface area contributed by atoms with Crippen LogP contribution >= 0.6 is 0 Å². The summed E-state index contributed by atoms with van der Waals surface area (Å²) < 4.78 is 4.96. The molecular weight excluding hydrogens is 156 g/mol. The third-order valence-corrected chi connectivity index (χ3v) is 1.37. The van der Waals surface area contributed by atoms with Gasteiger partial charge in [-0.25, -0.2) is 4.79 Å². The van der Waals surface area contributed by atoms with Crippen LogP contribution in [0.3, 0.4) is 0 Å². The lowest BCUT2D eigenvalue weighted by molar-refractivity contribution is 0.118. The van der Waals surface area contributed by atoms with Crippen molar-refractivity contribution < 1.29 is 9.53 Å². The minimum atomic E-state index is -0.145. The van der Waals surface area contributed by atoms with Gasteiger partial charge in [-0.15, -0.1) is 0 Å². The first-order valence-electron chi connectivity index (χ1n) is 4.13. The van der Waals surface area contributed by atoms with Crippen LogP contribution in [0.2, 0.25) is 0 Å². The Morgan fingerprint density at radius 1 is 1.42 bits per heavy atom. The van der Waals surface area contributed by atoms with Gasteiger partial charge in [-0.1, -0.05) is 0 Å². The van der Waals surface area contributed by atoms with E-state index in [1.165, 1.54) is 0 Å². The van der Waals surface area contributed by atoms with Crippen LogP contribution in [0, 0.1) is 0 Å². The van der Waals surface area contributed by atoms with Gasteiger partial charge >= 0.3 is 6.03 Å². The molecule has 4 nitrogen and oxygen atoms in total. The molecule has 1 unspecified atom stereocenters. The maximum atomic E-state index is 11.0. The smallest absolute Gasteiger partial charge is 0.315 e. The van der Waals surface area contributed by atoms with Crippen molar-refractivity contribution in [2.45, 2.75) is 32.9 Å². The largest absolute Gasteiger partial charge is 0.380 e. The zero-order valence-corrected chi connectivity index (χ0v) is 8.18. The zero-order chi connectivity index (χ0) is 9.56. The fraction of sp³-hybridized carbons (Fsp3) is 0.875. The number of methoxy groups -OCH3 is 1. The molecular formula is C8H18N2O2. The van der Waals surface area contributed by atoms with Crippen LogP contribution in [-0.4, -0.2) is 31.8 Å². The quantitative estimate of drug-likeness (QED) is 0.660. The van der Waals surface area contributed by atoms with Crippen molar-refractivity contribution in [3.05, 3.63) is 0 Å². The van der Waals surface area contributed by atoms with E-state index >= 15 is 0 Å². The number of ether oxygens (including phenoxy) is 1. The Labute approximate surface area is 73.7 Å². The molecule has 2 N–H and O–H groups in total. The molecule has 0 aromatic rings. The van der Waals surface area contributed by atoms with Crippen LogP contribution in [0.4, 0.5) is 4.79 Å². The van der Waals surface area contributed by atoms with Crippen LogP contribution in [0.25, 0.3) is 0 Å². The Morgan fingerprint density at radius 3 is 2.42 bits per heavy atom. The van der Waals surface area contributed by atoms with Gasteiger partial charge in [0.15, 0.2) is 0 Å². The number of hydrogen-bond donors (Lipinski definition) is 2. The standard InChI is InChI=1S/C8H18N2O2/c1-6(2)10-8(11)9-5-7(3)12-4/h6-7H,5H2,1-4H3,(H2,9,10,11). The topological polar surface area (TPSA) is 50.4 Å². The maximum absolute atomic E-state index is 11.0. The summed E-state index contributed by atoms with van der Waals surface area (Å²) in [7, 11) is 1.62. The third-order valence-electron chi connectivity index (χ3n) is 1.37. The Kier molecular flexibility index (Phi) is 5.45. The van der Waals surface area contributed by atoms with Gasteiger partial charge in [-0.2, -0.15) is 0 Å². The van der Waals surface area contributed by atoms with Crippen LogP contribution in [0.15, 0.2) is 0 Å². The van der Waals surface area contributed by atoms with E-state index in [1.54, 1.807) is 7.11 Å². The lowest BCUT2D eigenvalue weighted by Gasteiger charge is -2.13. The van der Waals surface area contributed by atoms with Crippen molar-refractivity contribution >= 4 is 6.03 Å². The Balaban J connectivity index is 3.44. The van der Waals surface area contributed by atoms with Gasteiger partial charge in [-0.05, 0) is 20.8 Å². The van der Waals surface area contributed by atoms with E-state index in [4.69, 9.17) is 4.74 Å². The van der Waals surface area contributed by atoms with Gasteiger partial charge in [0, 0.05) is 19.7 Å². The SMILES string of the molecule is COC(C)CNC(=O)NC(C)C. The number of hydrogen-bond acceptors (Lipinski definition) is 2. The van der Waals surface area contributed by atoms with Gasteiger partial charge in [0.25, 0.3) is 0 Å². The summed E-state index contributed by atoms with van der Waals surface area (Å²) in [4.78, 5) is 11.0. The molecule has 0 heterocycles. The molecule has 0 bridgehead atoms. The summed E-state index contributed by atoms with van der Waals surface area (Å²) in [6, 6.07) is 0.0248. The van der Waals surface area contributed by atoms with Gasteiger partial charge in [0.2, 0.25) is 0 Å². The highest BCUT2D eigenvalue weighted by Crippen LogP contribution is 1.83. The molecule has 0 aromatic heterocycles. The summed E-state index contributed by atoms with van der Waals surface area (Å²) in [5.74, 6) is 0. The minimum Gasteiger partial charge on any atom is -0.380 e. The first-order valence-corrected chi connectivity index (χ1v) is 4.13. The van der Waals surface area contributed by atoms with Gasteiger partial charge in [-0.3, -0.25) is 0 Å². The van der Waals surface area contributed by atoms with Crippen molar-refractivity contribution in [1.29, 1.82) is 0 Å². The zero-order valence-electron chi connectivity index (χ0n) is 8.18. The molecule has 12 heavy (non-hydrogen) atoms. The van der Waals surface area contributed by atoms with E-state index in [1.807, 2.05) is 20.8 Å². The Bertz CT molecular complexity index is 137. The molecule has 72 valence electrons. The fourth-order valence-electron chi connectivity index (χ4n) is 0.633. The van der Waals surface area contributed by atoms with E-state index in [9.17, 15) is 4.79 Å². The van der Waals surface area contributed by atoms with Crippen LogP contribution in [0.1, 0.15) is 20.8 Å². The van der Waals surface area contributed by atoms with Crippen LogP contribution in [0.5, 0.6) is 0 Å². The predicted octanol–water partition coefficient (Wildman–Crippen LogP) is 0.729. The van der Waals surface area contributed by atoms with E-state index < -0.39 is 0 Å². The summed E-state index contributed by atoms with van der Waals surface area (Å²) in [6.45, 7) is 6.27. The predicted molar refractivity (Wildman–Crippen MR) is 48.1 cm³/mol. The minimum absolute atomic E-state index is 0.0583. The van der Waals surface area contributed by atoms with Gasteiger partial charge < -0.3 is 15.4 Å². The number of nitrogens with one attached hydrogen (secondary N) is 2. The highest BCUT2D eigenvalue weighted by Gasteiger charge is 2.03. The highest BCUT2D eigenvalue weighted by atomic mass is 16.5. The second-order valence-corrected chi connectivity index (χ2v) is 3.06. The molecule has 0 aliphatic heterocycles. The van der Waals surface area contributed by atoms with Crippen molar-refractivity contribution in [3.8, 4) is 0 Å². The van der Waals surface area contributed by atoms with E-state index in [2.05, 4.69) is 10.6 Å². The lowest BCUT2D eigenvalue weighted by atomic mass is 10.4. The lowest BCUT2D eigenvalue weighted by Crippen LogP contribution is -2.42. The number of carbonyl (C=O) groups excluding carboxylic acids is 1. The molecule has 0 aromatic carbocycles. The molecule has 0 radical (unpaired) electrons. The Hall–Kier alpha value is -0.770. The average molecular weight is 174 g/mol. The second kappa shape index (κ2) is 5.83. The molecule has 4 heteroatoms. The monoisotopic (exact) mass is 174 g/mol. The average Bonchev–Trinajstić information content (AvgIpc) is 1.99.